The van der Waals surface area contributed by atoms with Crippen LogP contribution in [0, 0.1) is 5.92 Å². The molecular weight excluding hydrogens is 632 g/mol. The molecule has 4 amide bonds. The van der Waals surface area contributed by atoms with Crippen LogP contribution in [-0.4, -0.2) is 114 Å². The van der Waals surface area contributed by atoms with Gasteiger partial charge in [0, 0.05) is 19.6 Å². The molecule has 5 atom stereocenters. The van der Waals surface area contributed by atoms with Gasteiger partial charge in [0.2, 0.25) is 23.6 Å². The van der Waals surface area contributed by atoms with E-state index in [1.807, 2.05) is 0 Å². The summed E-state index contributed by atoms with van der Waals surface area (Å²) in [5.41, 5.74) is 37.9. The molecule has 0 aromatic rings. The van der Waals surface area contributed by atoms with Crippen LogP contribution in [-0.2, 0) is 24.0 Å². The second-order valence-corrected chi connectivity index (χ2v) is 11.2. The third-order valence-electron chi connectivity index (χ3n) is 6.80. The van der Waals surface area contributed by atoms with E-state index < -0.39 is 66.4 Å². The van der Waals surface area contributed by atoms with Crippen LogP contribution in [0.25, 0.3) is 0 Å². The van der Waals surface area contributed by atoms with Crippen LogP contribution in [0.3, 0.4) is 0 Å². The summed E-state index contributed by atoms with van der Waals surface area (Å²) in [6.45, 7) is 3.08. The van der Waals surface area contributed by atoms with Gasteiger partial charge in [0.25, 0.3) is 0 Å². The largest absolute Gasteiger partial charge is 0.480 e. The number of rotatable bonds is 24. The first-order valence-corrected chi connectivity index (χ1v) is 15.5. The molecule has 0 radical (unpaired) electrons. The maximum atomic E-state index is 13.6. The van der Waals surface area contributed by atoms with Crippen molar-refractivity contribution in [2.24, 2.45) is 61.0 Å². The van der Waals surface area contributed by atoms with Gasteiger partial charge in [0.1, 0.15) is 24.2 Å². The van der Waals surface area contributed by atoms with Crippen molar-refractivity contribution < 1.29 is 34.2 Å². The molecule has 0 aliphatic heterocycles. The fourth-order valence-corrected chi connectivity index (χ4v) is 4.05. The predicted molar refractivity (Wildman–Crippen MR) is 180 cm³/mol. The van der Waals surface area contributed by atoms with Crippen molar-refractivity contribution in [2.45, 2.75) is 89.0 Å². The summed E-state index contributed by atoms with van der Waals surface area (Å²) in [4.78, 5) is 75.8. The summed E-state index contributed by atoms with van der Waals surface area (Å²) in [7, 11) is 0. The fourth-order valence-electron chi connectivity index (χ4n) is 4.05. The lowest BCUT2D eigenvalue weighted by atomic mass is 10.0. The topological polar surface area (TPSA) is 393 Å². The normalized spacial score (nSPS) is 13.9. The van der Waals surface area contributed by atoms with Gasteiger partial charge in [0.05, 0.1) is 12.6 Å². The van der Waals surface area contributed by atoms with Gasteiger partial charge in [-0.15, -0.1) is 0 Å². The number of aliphatic hydroxyl groups is 1. The second-order valence-electron chi connectivity index (χ2n) is 11.2. The minimum Gasteiger partial charge on any atom is -0.480 e. The van der Waals surface area contributed by atoms with Crippen molar-refractivity contribution in [3.63, 3.8) is 0 Å². The Morgan fingerprint density at radius 3 is 1.31 bits per heavy atom. The molecule has 0 aromatic heterocycles. The molecule has 0 saturated carbocycles. The minimum absolute atomic E-state index is 0.0116. The van der Waals surface area contributed by atoms with Gasteiger partial charge in [-0.2, -0.15) is 0 Å². The van der Waals surface area contributed by atoms with Crippen LogP contribution >= 0.6 is 0 Å². The standard InChI is InChI=1S/C27H54N14O7/c1-14(2)19(28)23(46)41-18(13-42)22(45)39-15(7-3-4-10-35-25(29)30)20(43)38-16(8-5-11-36-26(31)32)21(44)40-17(24(47)48)9-6-12-37-27(33)34/h14-19,42H,3-13,28H2,1-2H3,(H,38,43)(H,39,45)(H,40,44)(H,41,46)(H,47,48)(H4,29,30,35)(H4,31,32,36)(H4,33,34,37)/t15-,16-,17-,18-,19-/m0/s1. The average Bonchev–Trinajstić information content (AvgIpc) is 3.00. The molecule has 20 N–H and O–H groups in total. The summed E-state index contributed by atoms with van der Waals surface area (Å²) in [6.07, 6.45) is 1.21. The van der Waals surface area contributed by atoms with Gasteiger partial charge in [-0.25, -0.2) is 4.79 Å². The third-order valence-corrected chi connectivity index (χ3v) is 6.80. The summed E-state index contributed by atoms with van der Waals surface area (Å²) >= 11 is 0. The number of carboxylic acid groups (broad SMARTS) is 1. The molecule has 0 aliphatic rings. The number of aliphatic hydroxyl groups excluding tert-OH is 1. The summed E-state index contributed by atoms with van der Waals surface area (Å²) in [6, 6.07) is -6.26. The molecule has 274 valence electrons. The van der Waals surface area contributed by atoms with E-state index in [2.05, 4.69) is 36.2 Å². The first-order valence-electron chi connectivity index (χ1n) is 15.5. The SMILES string of the molecule is CC(C)[C@H](N)C(=O)N[C@@H](CO)C(=O)N[C@@H](CCCCN=C(N)N)C(=O)N[C@@H](CCCN=C(N)N)C(=O)N[C@@H](CCCN=C(N)N)C(=O)O. The van der Waals surface area contributed by atoms with E-state index in [1.54, 1.807) is 13.8 Å². The molecule has 0 rings (SSSR count). The molecule has 0 fully saturated rings. The zero-order chi connectivity index (χ0) is 36.8. The zero-order valence-electron chi connectivity index (χ0n) is 27.6. The number of unbranched alkanes of at least 4 members (excludes halogenated alkanes) is 1. The Balaban J connectivity index is 6.04. The molecule has 48 heavy (non-hydrogen) atoms. The van der Waals surface area contributed by atoms with Gasteiger partial charge in [-0.1, -0.05) is 13.8 Å². The quantitative estimate of drug-likeness (QED) is 0.0256. The highest BCUT2D eigenvalue weighted by atomic mass is 16.4. The average molecular weight is 687 g/mol. The Bertz CT molecular complexity index is 1140. The van der Waals surface area contributed by atoms with E-state index in [4.69, 9.17) is 40.1 Å². The van der Waals surface area contributed by atoms with Gasteiger partial charge < -0.3 is 71.6 Å². The number of guanidine groups is 3. The summed E-state index contributed by atoms with van der Waals surface area (Å²) < 4.78 is 0. The number of amides is 4. The Morgan fingerprint density at radius 2 is 0.917 bits per heavy atom. The van der Waals surface area contributed by atoms with E-state index in [-0.39, 0.29) is 75.5 Å². The Hall–Kier alpha value is -4.92. The molecule has 0 unspecified atom stereocenters. The lowest BCUT2D eigenvalue weighted by Crippen LogP contribution is -2.59. The van der Waals surface area contributed by atoms with Crippen molar-refractivity contribution in [2.75, 3.05) is 26.2 Å². The Labute approximate surface area is 279 Å². The Kier molecular flexibility index (Phi) is 21.0. The molecule has 21 nitrogen and oxygen atoms in total. The van der Waals surface area contributed by atoms with Gasteiger partial charge in [0.15, 0.2) is 17.9 Å². The number of hydrogen-bond donors (Lipinski definition) is 13. The van der Waals surface area contributed by atoms with Crippen molar-refractivity contribution in [3.05, 3.63) is 0 Å². The zero-order valence-corrected chi connectivity index (χ0v) is 27.6. The predicted octanol–water partition coefficient (Wildman–Crippen LogP) is -5.46. The molecular formula is C27H54N14O7. The highest BCUT2D eigenvalue weighted by molar-refractivity contribution is 5.95. The smallest absolute Gasteiger partial charge is 0.326 e. The molecule has 0 heterocycles. The molecule has 0 saturated heterocycles. The van der Waals surface area contributed by atoms with Crippen molar-refractivity contribution in [3.8, 4) is 0 Å². The van der Waals surface area contributed by atoms with E-state index in [0.29, 0.717) is 12.8 Å². The van der Waals surface area contributed by atoms with Crippen LogP contribution < -0.4 is 61.4 Å². The number of aliphatic imine (C=N–C) groups is 3. The van der Waals surface area contributed by atoms with Crippen LogP contribution in [0.15, 0.2) is 15.0 Å². The van der Waals surface area contributed by atoms with Crippen LogP contribution in [0.4, 0.5) is 0 Å². The number of nitrogens with one attached hydrogen (secondary N) is 4. The molecule has 0 spiro atoms. The molecule has 21 heteroatoms. The highest BCUT2D eigenvalue weighted by Crippen LogP contribution is 2.08. The number of aliphatic carboxylic acids is 1. The van der Waals surface area contributed by atoms with Crippen molar-refractivity contribution in [1.29, 1.82) is 0 Å². The van der Waals surface area contributed by atoms with E-state index >= 15 is 0 Å². The van der Waals surface area contributed by atoms with E-state index in [0.717, 1.165) is 0 Å². The molecule has 0 bridgehead atoms. The van der Waals surface area contributed by atoms with Crippen LogP contribution in [0.2, 0.25) is 0 Å². The highest BCUT2D eigenvalue weighted by Gasteiger charge is 2.31. The Morgan fingerprint density at radius 1 is 0.562 bits per heavy atom. The van der Waals surface area contributed by atoms with Crippen molar-refractivity contribution >= 4 is 47.5 Å². The second kappa shape index (κ2) is 23.4. The van der Waals surface area contributed by atoms with Crippen LogP contribution in [0.1, 0.15) is 58.8 Å². The van der Waals surface area contributed by atoms with Gasteiger partial charge >= 0.3 is 5.97 Å². The minimum atomic E-state index is -1.44. The van der Waals surface area contributed by atoms with E-state index in [1.165, 1.54) is 0 Å². The maximum Gasteiger partial charge on any atom is 0.326 e. The summed E-state index contributed by atoms with van der Waals surface area (Å²) in [5.74, 6) is -5.23. The van der Waals surface area contributed by atoms with Crippen molar-refractivity contribution in [1.82, 2.24) is 21.3 Å². The lowest BCUT2D eigenvalue weighted by molar-refractivity contribution is -0.142. The molecule has 0 aromatic carbocycles. The number of carbonyl (C=O) groups excluding carboxylic acids is 4. The fraction of sp³-hybridized carbons (Fsp3) is 0.704. The van der Waals surface area contributed by atoms with Gasteiger partial charge in [-0.3, -0.25) is 34.2 Å². The van der Waals surface area contributed by atoms with Crippen LogP contribution in [0.5, 0.6) is 0 Å². The van der Waals surface area contributed by atoms with Gasteiger partial charge in [-0.05, 0) is 50.9 Å². The number of hydrogen-bond acceptors (Lipinski definition) is 10. The maximum absolute atomic E-state index is 13.6. The lowest BCUT2D eigenvalue weighted by Gasteiger charge is -2.26. The first-order chi connectivity index (χ1) is 22.5. The number of carboxylic acids is 1. The first kappa shape index (κ1) is 43.1. The summed E-state index contributed by atoms with van der Waals surface area (Å²) in [5, 5.41) is 29.3. The number of nitrogens with zero attached hydrogens (tertiary/aromatic N) is 3. The van der Waals surface area contributed by atoms with E-state index in [9.17, 15) is 34.2 Å². The monoisotopic (exact) mass is 686 g/mol. The third kappa shape index (κ3) is 18.9. The number of carbonyl (C=O) groups is 5. The number of nitrogens with two attached hydrogens (primary N) is 7. The molecule has 0 aliphatic carbocycles.